The predicted octanol–water partition coefficient (Wildman–Crippen LogP) is 1.34. The standard InChI is InChI=1S/C13H12O3/c1-16-13(15)10-12-8-3-2-6-11(12)7-4-5-9-14/h2-3,6,8-9H,5,10H2,1H3. The molecule has 1 aromatic carbocycles. The summed E-state index contributed by atoms with van der Waals surface area (Å²) < 4.78 is 4.59. The maximum absolute atomic E-state index is 11.1. The first-order valence-electron chi connectivity index (χ1n) is 4.85. The maximum Gasteiger partial charge on any atom is 0.310 e. The van der Waals surface area contributed by atoms with Gasteiger partial charge in [0.2, 0.25) is 0 Å². The van der Waals surface area contributed by atoms with E-state index in [1.807, 2.05) is 24.3 Å². The van der Waals surface area contributed by atoms with Gasteiger partial charge in [0.1, 0.15) is 6.29 Å². The van der Waals surface area contributed by atoms with Gasteiger partial charge < -0.3 is 9.53 Å². The van der Waals surface area contributed by atoms with Crippen LogP contribution in [0.4, 0.5) is 0 Å². The third kappa shape index (κ3) is 3.58. The fourth-order valence-electron chi connectivity index (χ4n) is 1.21. The van der Waals surface area contributed by atoms with E-state index in [4.69, 9.17) is 0 Å². The van der Waals surface area contributed by atoms with Crippen molar-refractivity contribution in [3.63, 3.8) is 0 Å². The lowest BCUT2D eigenvalue weighted by Gasteiger charge is -2.02. The molecule has 0 radical (unpaired) electrons. The Hall–Kier alpha value is -2.08. The quantitative estimate of drug-likeness (QED) is 0.435. The predicted molar refractivity (Wildman–Crippen MR) is 59.7 cm³/mol. The number of esters is 1. The second kappa shape index (κ2) is 6.41. The second-order valence-electron chi connectivity index (χ2n) is 3.08. The van der Waals surface area contributed by atoms with E-state index in [9.17, 15) is 9.59 Å². The van der Waals surface area contributed by atoms with Crippen molar-refractivity contribution < 1.29 is 14.3 Å². The van der Waals surface area contributed by atoms with E-state index >= 15 is 0 Å². The van der Waals surface area contributed by atoms with Gasteiger partial charge in [-0.2, -0.15) is 0 Å². The summed E-state index contributed by atoms with van der Waals surface area (Å²) in [6.07, 6.45) is 1.14. The maximum atomic E-state index is 11.1. The molecule has 0 amide bonds. The van der Waals surface area contributed by atoms with Crippen LogP contribution < -0.4 is 0 Å². The van der Waals surface area contributed by atoms with Crippen molar-refractivity contribution in [3.8, 4) is 11.8 Å². The molecular formula is C13H12O3. The fraction of sp³-hybridized carbons (Fsp3) is 0.231. The van der Waals surface area contributed by atoms with Crippen LogP contribution in [0.2, 0.25) is 0 Å². The van der Waals surface area contributed by atoms with E-state index in [1.165, 1.54) is 7.11 Å². The van der Waals surface area contributed by atoms with Gasteiger partial charge in [0.15, 0.2) is 0 Å². The molecule has 0 atom stereocenters. The highest BCUT2D eigenvalue weighted by Gasteiger charge is 2.05. The fourth-order valence-corrected chi connectivity index (χ4v) is 1.21. The van der Waals surface area contributed by atoms with Gasteiger partial charge >= 0.3 is 5.97 Å². The highest BCUT2D eigenvalue weighted by atomic mass is 16.5. The Morgan fingerprint density at radius 3 is 2.88 bits per heavy atom. The summed E-state index contributed by atoms with van der Waals surface area (Å²) in [6.45, 7) is 0. The number of aldehydes is 1. The molecule has 16 heavy (non-hydrogen) atoms. The van der Waals surface area contributed by atoms with Crippen LogP contribution in [0.15, 0.2) is 24.3 Å². The summed E-state index contributed by atoms with van der Waals surface area (Å²) in [7, 11) is 1.35. The molecule has 0 aliphatic carbocycles. The van der Waals surface area contributed by atoms with Crippen molar-refractivity contribution in [1.82, 2.24) is 0 Å². The average molecular weight is 216 g/mol. The summed E-state index contributed by atoms with van der Waals surface area (Å²) in [5.41, 5.74) is 1.57. The van der Waals surface area contributed by atoms with Gasteiger partial charge in [-0.1, -0.05) is 30.0 Å². The van der Waals surface area contributed by atoms with Gasteiger partial charge in [-0.05, 0) is 11.6 Å². The molecule has 0 N–H and O–H groups in total. The van der Waals surface area contributed by atoms with Crippen LogP contribution in [0.1, 0.15) is 17.5 Å². The van der Waals surface area contributed by atoms with Crippen molar-refractivity contribution in [2.24, 2.45) is 0 Å². The molecule has 1 aromatic rings. The first-order chi connectivity index (χ1) is 7.77. The summed E-state index contributed by atoms with van der Waals surface area (Å²) in [5.74, 6) is 5.27. The van der Waals surface area contributed by atoms with Crippen LogP contribution in [0.5, 0.6) is 0 Å². The third-order valence-electron chi connectivity index (χ3n) is 1.99. The molecule has 0 fully saturated rings. The smallest absolute Gasteiger partial charge is 0.310 e. The van der Waals surface area contributed by atoms with E-state index in [0.717, 1.165) is 17.4 Å². The van der Waals surface area contributed by atoms with Crippen LogP contribution in [0, 0.1) is 11.8 Å². The molecule has 0 bridgehead atoms. The van der Waals surface area contributed by atoms with Gasteiger partial charge in [-0.15, -0.1) is 0 Å². The molecule has 0 saturated heterocycles. The largest absolute Gasteiger partial charge is 0.469 e. The highest BCUT2D eigenvalue weighted by Crippen LogP contribution is 2.08. The van der Waals surface area contributed by atoms with Crippen molar-refractivity contribution in [3.05, 3.63) is 35.4 Å². The monoisotopic (exact) mass is 216 g/mol. The zero-order valence-corrected chi connectivity index (χ0v) is 9.03. The van der Waals surface area contributed by atoms with E-state index < -0.39 is 0 Å². The van der Waals surface area contributed by atoms with Crippen LogP contribution in [0.25, 0.3) is 0 Å². The second-order valence-corrected chi connectivity index (χ2v) is 3.08. The van der Waals surface area contributed by atoms with E-state index in [1.54, 1.807) is 0 Å². The average Bonchev–Trinajstić information content (AvgIpc) is 2.31. The highest BCUT2D eigenvalue weighted by molar-refractivity contribution is 5.73. The molecule has 0 aliphatic heterocycles. The van der Waals surface area contributed by atoms with Crippen LogP contribution >= 0.6 is 0 Å². The summed E-state index contributed by atoms with van der Waals surface area (Å²) in [6, 6.07) is 7.31. The van der Waals surface area contributed by atoms with E-state index in [-0.39, 0.29) is 18.8 Å². The lowest BCUT2D eigenvalue weighted by atomic mass is 10.1. The van der Waals surface area contributed by atoms with Gasteiger partial charge in [-0.25, -0.2) is 0 Å². The van der Waals surface area contributed by atoms with Gasteiger partial charge in [0.25, 0.3) is 0 Å². The molecule has 3 heteroatoms. The Bertz CT molecular complexity index is 438. The number of rotatable bonds is 3. The number of carbonyl (C=O) groups excluding carboxylic acids is 2. The molecule has 1 rings (SSSR count). The minimum Gasteiger partial charge on any atom is -0.469 e. The number of benzene rings is 1. The summed E-state index contributed by atoms with van der Waals surface area (Å²) >= 11 is 0. The van der Waals surface area contributed by atoms with Crippen LogP contribution in [0.3, 0.4) is 0 Å². The topological polar surface area (TPSA) is 43.4 Å². The normalized spacial score (nSPS) is 8.81. The molecule has 0 aliphatic rings. The minimum absolute atomic E-state index is 0.197. The molecule has 82 valence electrons. The van der Waals surface area contributed by atoms with Crippen LogP contribution in [-0.2, 0) is 20.7 Å². The molecule has 0 heterocycles. The van der Waals surface area contributed by atoms with Crippen LogP contribution in [-0.4, -0.2) is 19.4 Å². The molecule has 0 saturated carbocycles. The Balaban J connectivity index is 2.88. The van der Waals surface area contributed by atoms with Gasteiger partial charge in [-0.3, -0.25) is 4.79 Å². The Morgan fingerprint density at radius 2 is 2.19 bits per heavy atom. The zero-order chi connectivity index (χ0) is 11.8. The molecule has 0 spiro atoms. The molecule has 3 nitrogen and oxygen atoms in total. The van der Waals surface area contributed by atoms with Crippen molar-refractivity contribution in [1.29, 1.82) is 0 Å². The summed E-state index contributed by atoms with van der Waals surface area (Å²) in [5, 5.41) is 0. The van der Waals surface area contributed by atoms with E-state index in [0.29, 0.717) is 0 Å². The molecule has 0 aromatic heterocycles. The number of carbonyl (C=O) groups is 2. The first-order valence-corrected chi connectivity index (χ1v) is 4.85. The lowest BCUT2D eigenvalue weighted by molar-refractivity contribution is -0.139. The number of methoxy groups -OCH3 is 1. The number of hydrogen-bond donors (Lipinski definition) is 0. The molecular weight excluding hydrogens is 204 g/mol. The van der Waals surface area contributed by atoms with Crippen molar-refractivity contribution >= 4 is 12.3 Å². The number of hydrogen-bond acceptors (Lipinski definition) is 3. The minimum atomic E-state index is -0.301. The Morgan fingerprint density at radius 1 is 1.44 bits per heavy atom. The lowest BCUT2D eigenvalue weighted by Crippen LogP contribution is -2.05. The Labute approximate surface area is 94.4 Å². The van der Waals surface area contributed by atoms with E-state index in [2.05, 4.69) is 16.6 Å². The van der Waals surface area contributed by atoms with Crippen molar-refractivity contribution in [2.45, 2.75) is 12.8 Å². The zero-order valence-electron chi connectivity index (χ0n) is 9.03. The third-order valence-corrected chi connectivity index (χ3v) is 1.99. The molecule has 0 unspecified atom stereocenters. The summed E-state index contributed by atoms with van der Waals surface area (Å²) in [4.78, 5) is 21.3. The number of ether oxygens (including phenoxy) is 1. The van der Waals surface area contributed by atoms with Crippen molar-refractivity contribution in [2.75, 3.05) is 7.11 Å². The Kier molecular flexibility index (Phi) is 4.81. The van der Waals surface area contributed by atoms with Gasteiger partial charge in [0, 0.05) is 5.56 Å². The van der Waals surface area contributed by atoms with Gasteiger partial charge in [0.05, 0.1) is 20.0 Å². The first kappa shape index (κ1) is 12.0. The SMILES string of the molecule is COC(=O)Cc1ccccc1C#CCC=O.